The highest BCUT2D eigenvalue weighted by Crippen LogP contribution is 2.33. The second kappa shape index (κ2) is 4.06. The molecular formula is C9H8BrF2NO. The molecule has 1 aromatic carbocycles. The molecule has 0 radical (unpaired) electrons. The van der Waals surface area contributed by atoms with Gasteiger partial charge < -0.3 is 10.8 Å². The third kappa shape index (κ3) is 1.78. The number of nitrogens with two attached hydrogens (primary N) is 1. The third-order valence-electron chi connectivity index (χ3n) is 1.77. The van der Waals surface area contributed by atoms with Crippen LogP contribution in [-0.2, 0) is 0 Å². The Morgan fingerprint density at radius 1 is 1.57 bits per heavy atom. The first kappa shape index (κ1) is 11.1. The summed E-state index contributed by atoms with van der Waals surface area (Å²) in [5, 5.41) is 9.27. The van der Waals surface area contributed by atoms with E-state index < -0.39 is 23.4 Å². The van der Waals surface area contributed by atoms with Crippen molar-refractivity contribution in [2.45, 2.75) is 6.04 Å². The van der Waals surface area contributed by atoms with Gasteiger partial charge >= 0.3 is 0 Å². The summed E-state index contributed by atoms with van der Waals surface area (Å²) in [5.74, 6) is -2.30. The number of phenolic OH excluding ortho intramolecular Hbond substituents is 1. The highest BCUT2D eigenvalue weighted by atomic mass is 79.9. The molecule has 0 saturated carbocycles. The number of phenols is 1. The Bertz CT molecular complexity index is 382. The predicted octanol–water partition coefficient (Wildman–Crippen LogP) is 2.62. The molecule has 5 heteroatoms. The van der Waals surface area contributed by atoms with Crippen molar-refractivity contribution < 1.29 is 13.9 Å². The van der Waals surface area contributed by atoms with E-state index in [9.17, 15) is 13.9 Å². The molecule has 0 amide bonds. The van der Waals surface area contributed by atoms with Crippen molar-refractivity contribution in [3.63, 3.8) is 0 Å². The molecule has 0 aliphatic heterocycles. The highest BCUT2D eigenvalue weighted by Gasteiger charge is 2.19. The molecule has 2 nitrogen and oxygen atoms in total. The van der Waals surface area contributed by atoms with E-state index in [0.29, 0.717) is 0 Å². The van der Waals surface area contributed by atoms with Crippen molar-refractivity contribution in [3.05, 3.63) is 40.4 Å². The molecule has 0 heterocycles. The summed E-state index contributed by atoms with van der Waals surface area (Å²) in [7, 11) is 0. The summed E-state index contributed by atoms with van der Waals surface area (Å²) in [6.07, 6.45) is 1.25. The van der Waals surface area contributed by atoms with Gasteiger partial charge in [0, 0.05) is 6.07 Å². The van der Waals surface area contributed by atoms with Gasteiger partial charge in [0.25, 0.3) is 0 Å². The van der Waals surface area contributed by atoms with Gasteiger partial charge in [-0.05, 0) is 15.9 Å². The molecule has 0 aliphatic carbocycles. The van der Waals surface area contributed by atoms with E-state index in [1.165, 1.54) is 6.08 Å². The van der Waals surface area contributed by atoms with Crippen molar-refractivity contribution in [1.82, 2.24) is 0 Å². The predicted molar refractivity (Wildman–Crippen MR) is 52.8 cm³/mol. The Kier molecular flexibility index (Phi) is 3.23. The maximum Gasteiger partial charge on any atom is 0.149 e. The third-order valence-corrected chi connectivity index (χ3v) is 2.49. The van der Waals surface area contributed by atoms with Gasteiger partial charge in [0.1, 0.15) is 17.4 Å². The summed E-state index contributed by atoms with van der Waals surface area (Å²) in [6, 6.07) is -0.0711. The van der Waals surface area contributed by atoms with Gasteiger partial charge in [-0.15, -0.1) is 6.58 Å². The number of hydrogen-bond donors (Lipinski definition) is 2. The lowest BCUT2D eigenvalue weighted by atomic mass is 10.1. The van der Waals surface area contributed by atoms with Gasteiger partial charge in [0.15, 0.2) is 0 Å². The molecule has 0 aromatic heterocycles. The topological polar surface area (TPSA) is 46.2 Å². The SMILES string of the molecule is C=C[C@H](N)c1c(O)cc(F)c(Br)c1F. The number of hydrogen-bond acceptors (Lipinski definition) is 2. The molecule has 0 saturated heterocycles. The lowest BCUT2D eigenvalue weighted by Crippen LogP contribution is -2.10. The minimum atomic E-state index is -0.908. The van der Waals surface area contributed by atoms with E-state index in [2.05, 4.69) is 22.5 Å². The molecule has 0 aliphatic rings. The van der Waals surface area contributed by atoms with Crippen LogP contribution < -0.4 is 5.73 Å². The van der Waals surface area contributed by atoms with E-state index in [0.717, 1.165) is 6.07 Å². The molecule has 3 N–H and O–H groups in total. The van der Waals surface area contributed by atoms with E-state index in [1.807, 2.05) is 0 Å². The number of rotatable bonds is 2. The fourth-order valence-electron chi connectivity index (χ4n) is 1.03. The summed E-state index contributed by atoms with van der Waals surface area (Å²) < 4.78 is 25.9. The Labute approximate surface area is 88.2 Å². The highest BCUT2D eigenvalue weighted by molar-refractivity contribution is 9.10. The van der Waals surface area contributed by atoms with Crippen molar-refractivity contribution >= 4 is 15.9 Å². The molecule has 0 spiro atoms. The van der Waals surface area contributed by atoms with Crippen molar-refractivity contribution in [2.75, 3.05) is 0 Å². The van der Waals surface area contributed by atoms with Crippen LogP contribution in [0.3, 0.4) is 0 Å². The molecular weight excluding hydrogens is 256 g/mol. The van der Waals surface area contributed by atoms with Crippen LogP contribution >= 0.6 is 15.9 Å². The van der Waals surface area contributed by atoms with E-state index in [1.54, 1.807) is 0 Å². The largest absolute Gasteiger partial charge is 0.507 e. The Morgan fingerprint density at radius 3 is 2.64 bits per heavy atom. The Morgan fingerprint density at radius 2 is 2.14 bits per heavy atom. The van der Waals surface area contributed by atoms with Gasteiger partial charge in [-0.25, -0.2) is 8.78 Å². The lowest BCUT2D eigenvalue weighted by molar-refractivity contribution is 0.444. The van der Waals surface area contributed by atoms with Gasteiger partial charge in [0.05, 0.1) is 16.1 Å². The zero-order chi connectivity index (χ0) is 10.9. The molecule has 76 valence electrons. The molecule has 0 unspecified atom stereocenters. The van der Waals surface area contributed by atoms with Crippen LogP contribution in [0.25, 0.3) is 0 Å². The zero-order valence-electron chi connectivity index (χ0n) is 7.10. The molecule has 14 heavy (non-hydrogen) atoms. The summed E-state index contributed by atoms with van der Waals surface area (Å²) in [4.78, 5) is 0. The average Bonchev–Trinajstić information content (AvgIpc) is 2.14. The van der Waals surface area contributed by atoms with Gasteiger partial charge in [-0.2, -0.15) is 0 Å². The van der Waals surface area contributed by atoms with Crippen LogP contribution in [0.15, 0.2) is 23.2 Å². The Balaban J connectivity index is 3.43. The quantitative estimate of drug-likeness (QED) is 0.637. The maximum atomic E-state index is 13.4. The van der Waals surface area contributed by atoms with Crippen molar-refractivity contribution in [2.24, 2.45) is 5.73 Å². The minimum Gasteiger partial charge on any atom is -0.507 e. The standard InChI is InChI=1S/C9H8BrF2NO/c1-2-5(13)7-6(14)3-4(11)8(10)9(7)12/h2-3,5,14H,1,13H2/t5-/m0/s1. The summed E-state index contributed by atoms with van der Waals surface area (Å²) >= 11 is 2.71. The van der Waals surface area contributed by atoms with E-state index in [-0.39, 0.29) is 10.0 Å². The zero-order valence-corrected chi connectivity index (χ0v) is 8.68. The first-order valence-corrected chi connectivity index (χ1v) is 4.52. The maximum absolute atomic E-state index is 13.4. The first-order chi connectivity index (χ1) is 6.49. The van der Waals surface area contributed by atoms with Crippen LogP contribution in [0.1, 0.15) is 11.6 Å². The summed E-state index contributed by atoms with van der Waals surface area (Å²) in [5.41, 5.74) is 5.28. The second-order valence-corrected chi connectivity index (χ2v) is 3.47. The first-order valence-electron chi connectivity index (χ1n) is 3.73. The number of benzene rings is 1. The number of aromatic hydroxyl groups is 1. The Hall–Kier alpha value is -0.940. The molecule has 1 atom stereocenters. The van der Waals surface area contributed by atoms with Crippen molar-refractivity contribution in [1.29, 1.82) is 0 Å². The number of halogens is 3. The smallest absolute Gasteiger partial charge is 0.149 e. The van der Waals surface area contributed by atoms with Crippen LogP contribution in [0.4, 0.5) is 8.78 Å². The van der Waals surface area contributed by atoms with Crippen LogP contribution in [0.2, 0.25) is 0 Å². The van der Waals surface area contributed by atoms with E-state index in [4.69, 9.17) is 5.73 Å². The van der Waals surface area contributed by atoms with Crippen LogP contribution in [0, 0.1) is 11.6 Å². The summed E-state index contributed by atoms with van der Waals surface area (Å²) in [6.45, 7) is 3.36. The fourth-order valence-corrected chi connectivity index (χ4v) is 1.36. The second-order valence-electron chi connectivity index (χ2n) is 2.68. The molecule has 1 rings (SSSR count). The van der Waals surface area contributed by atoms with E-state index >= 15 is 0 Å². The van der Waals surface area contributed by atoms with Gasteiger partial charge in [-0.3, -0.25) is 0 Å². The molecule has 0 fully saturated rings. The molecule has 1 aromatic rings. The monoisotopic (exact) mass is 263 g/mol. The van der Waals surface area contributed by atoms with Crippen LogP contribution in [0.5, 0.6) is 5.75 Å². The lowest BCUT2D eigenvalue weighted by Gasteiger charge is -2.11. The van der Waals surface area contributed by atoms with Crippen LogP contribution in [-0.4, -0.2) is 5.11 Å². The normalized spacial score (nSPS) is 12.6. The minimum absolute atomic E-state index is 0.173. The molecule has 0 bridgehead atoms. The van der Waals surface area contributed by atoms with Gasteiger partial charge in [0.2, 0.25) is 0 Å². The fraction of sp³-hybridized carbons (Fsp3) is 0.111. The van der Waals surface area contributed by atoms with Crippen molar-refractivity contribution in [3.8, 4) is 5.75 Å². The van der Waals surface area contributed by atoms with Gasteiger partial charge in [-0.1, -0.05) is 6.08 Å². The average molecular weight is 264 g/mol.